The molecule has 0 bridgehead atoms. The van der Waals surface area contributed by atoms with E-state index in [-0.39, 0.29) is 18.6 Å². The molecule has 0 aliphatic carbocycles. The van der Waals surface area contributed by atoms with Crippen LogP contribution in [-0.4, -0.2) is 83.1 Å². The Bertz CT molecular complexity index is 1170. The zero-order valence-corrected chi connectivity index (χ0v) is 21.3. The van der Waals surface area contributed by atoms with Crippen molar-refractivity contribution in [2.45, 2.75) is 37.4 Å². The van der Waals surface area contributed by atoms with Crippen LogP contribution < -0.4 is 0 Å². The highest BCUT2D eigenvalue weighted by Crippen LogP contribution is 2.42. The predicted molar refractivity (Wildman–Crippen MR) is 143 cm³/mol. The van der Waals surface area contributed by atoms with E-state index in [9.17, 15) is 9.90 Å². The summed E-state index contributed by atoms with van der Waals surface area (Å²) in [5.41, 5.74) is 5.36. The molecule has 188 valence electrons. The first-order chi connectivity index (χ1) is 17.5. The second-order valence-corrected chi connectivity index (χ2v) is 10.3. The largest absolute Gasteiger partial charge is 0.395 e. The maximum atomic E-state index is 12.4. The SMILES string of the molecule is CN(C)C(=O)c1cccc(-c2ccc([C@@H]3[C@H]4CN(Cc5cccnc5)CCCCN4[C@H]3CO)cc2)c1. The molecule has 1 N–H and O–H groups in total. The van der Waals surface area contributed by atoms with E-state index >= 15 is 0 Å². The molecule has 0 radical (unpaired) electrons. The van der Waals surface area contributed by atoms with Crippen molar-refractivity contribution in [3.05, 3.63) is 89.7 Å². The molecular weight excluding hydrogens is 448 g/mol. The summed E-state index contributed by atoms with van der Waals surface area (Å²) in [4.78, 5) is 23.4. The van der Waals surface area contributed by atoms with Crippen molar-refractivity contribution >= 4 is 5.91 Å². The van der Waals surface area contributed by atoms with Crippen LogP contribution in [0.1, 0.15) is 40.2 Å². The average molecular weight is 485 g/mol. The zero-order valence-electron chi connectivity index (χ0n) is 21.3. The van der Waals surface area contributed by atoms with Crippen molar-refractivity contribution in [1.82, 2.24) is 19.7 Å². The van der Waals surface area contributed by atoms with Gasteiger partial charge >= 0.3 is 0 Å². The monoisotopic (exact) mass is 484 g/mol. The molecule has 0 saturated carbocycles. The van der Waals surface area contributed by atoms with Gasteiger partial charge in [0.2, 0.25) is 0 Å². The van der Waals surface area contributed by atoms with Crippen LogP contribution >= 0.6 is 0 Å². The molecule has 3 aromatic rings. The average Bonchev–Trinajstić information content (AvgIpc) is 2.89. The minimum Gasteiger partial charge on any atom is -0.395 e. The van der Waals surface area contributed by atoms with E-state index in [0.717, 1.165) is 43.7 Å². The molecule has 1 aromatic heterocycles. The van der Waals surface area contributed by atoms with Crippen molar-refractivity contribution in [3.8, 4) is 11.1 Å². The molecule has 2 aliphatic heterocycles. The Balaban J connectivity index is 1.35. The number of carbonyl (C=O) groups excluding carboxylic acids is 1. The lowest BCUT2D eigenvalue weighted by Crippen LogP contribution is -2.67. The van der Waals surface area contributed by atoms with E-state index < -0.39 is 0 Å². The molecule has 3 heterocycles. The highest BCUT2D eigenvalue weighted by atomic mass is 16.3. The molecule has 1 amide bonds. The highest BCUT2D eigenvalue weighted by Gasteiger charge is 2.49. The number of rotatable bonds is 6. The molecule has 5 rings (SSSR count). The first kappa shape index (κ1) is 24.6. The second-order valence-electron chi connectivity index (χ2n) is 10.3. The first-order valence-corrected chi connectivity index (χ1v) is 12.9. The molecule has 0 spiro atoms. The molecule has 6 heteroatoms. The molecule has 6 nitrogen and oxygen atoms in total. The number of benzene rings is 2. The van der Waals surface area contributed by atoms with Crippen molar-refractivity contribution in [1.29, 1.82) is 0 Å². The van der Waals surface area contributed by atoms with Crippen LogP contribution in [-0.2, 0) is 6.54 Å². The lowest BCUT2D eigenvalue weighted by atomic mass is 9.74. The lowest BCUT2D eigenvalue weighted by molar-refractivity contribution is -0.0655. The Labute approximate surface area is 214 Å². The smallest absolute Gasteiger partial charge is 0.253 e. The van der Waals surface area contributed by atoms with E-state index in [1.165, 1.54) is 17.5 Å². The standard InChI is InChI=1S/C30H36N4O2/c1-32(2)30(36)26-9-5-8-25(17-26)23-10-12-24(13-11-23)29-27-20-33(19-22-7-6-14-31-18-22)15-3-4-16-34(27)28(29)21-35/h5-14,17-18,27-29,35H,3-4,15-16,19-21H2,1-2H3/t27-,28+,29-/m1/s1. The number of pyridine rings is 1. The van der Waals surface area contributed by atoms with E-state index in [4.69, 9.17) is 0 Å². The Morgan fingerprint density at radius 2 is 1.83 bits per heavy atom. The fraction of sp³-hybridized carbons (Fsp3) is 0.400. The third-order valence-corrected chi connectivity index (χ3v) is 7.73. The van der Waals surface area contributed by atoms with Gasteiger partial charge in [0.05, 0.1) is 6.61 Å². The normalized spacial score (nSPS) is 22.7. The summed E-state index contributed by atoms with van der Waals surface area (Å²) in [6.45, 7) is 4.23. The van der Waals surface area contributed by atoms with Gasteiger partial charge in [0.25, 0.3) is 5.91 Å². The van der Waals surface area contributed by atoms with E-state index in [2.05, 4.69) is 45.1 Å². The molecule has 2 aliphatic rings. The number of fused-ring (bicyclic) bond motifs is 1. The number of carbonyl (C=O) groups is 1. The summed E-state index contributed by atoms with van der Waals surface area (Å²) < 4.78 is 0. The van der Waals surface area contributed by atoms with E-state index in [1.807, 2.05) is 42.7 Å². The van der Waals surface area contributed by atoms with Crippen LogP contribution in [0.5, 0.6) is 0 Å². The molecule has 36 heavy (non-hydrogen) atoms. The zero-order chi connectivity index (χ0) is 25.1. The summed E-state index contributed by atoms with van der Waals surface area (Å²) in [6, 6.07) is 21.3. The van der Waals surface area contributed by atoms with Crippen LogP contribution in [0.2, 0.25) is 0 Å². The summed E-state index contributed by atoms with van der Waals surface area (Å²) >= 11 is 0. The van der Waals surface area contributed by atoms with E-state index in [1.54, 1.807) is 19.0 Å². The second kappa shape index (κ2) is 10.9. The minimum atomic E-state index is 0.00828. The van der Waals surface area contributed by atoms with E-state index in [0.29, 0.717) is 17.5 Å². The van der Waals surface area contributed by atoms with Gasteiger partial charge in [0.1, 0.15) is 0 Å². The van der Waals surface area contributed by atoms with Crippen molar-refractivity contribution in [2.75, 3.05) is 40.3 Å². The minimum absolute atomic E-state index is 0.00828. The highest BCUT2D eigenvalue weighted by molar-refractivity contribution is 5.95. The molecule has 2 aromatic carbocycles. The number of hydrogen-bond acceptors (Lipinski definition) is 5. The maximum absolute atomic E-state index is 12.4. The maximum Gasteiger partial charge on any atom is 0.253 e. The quantitative estimate of drug-likeness (QED) is 0.576. The van der Waals surface area contributed by atoms with Crippen LogP contribution in [0.3, 0.4) is 0 Å². The van der Waals surface area contributed by atoms with Gasteiger partial charge in [-0.1, -0.05) is 42.5 Å². The van der Waals surface area contributed by atoms with Crippen LogP contribution in [0.4, 0.5) is 0 Å². The van der Waals surface area contributed by atoms with Crippen LogP contribution in [0.25, 0.3) is 11.1 Å². The van der Waals surface area contributed by atoms with Crippen LogP contribution in [0.15, 0.2) is 73.1 Å². The van der Waals surface area contributed by atoms with Crippen molar-refractivity contribution in [2.24, 2.45) is 0 Å². The molecule has 3 atom stereocenters. The van der Waals surface area contributed by atoms with Gasteiger partial charge in [0, 0.05) is 63.1 Å². The van der Waals surface area contributed by atoms with Gasteiger partial charge < -0.3 is 10.0 Å². The number of aromatic nitrogens is 1. The van der Waals surface area contributed by atoms with Gasteiger partial charge in [-0.15, -0.1) is 0 Å². The summed E-state index contributed by atoms with van der Waals surface area (Å²) in [5.74, 6) is 0.314. The summed E-state index contributed by atoms with van der Waals surface area (Å²) in [5, 5.41) is 10.3. The fourth-order valence-electron chi connectivity index (χ4n) is 5.89. The molecule has 2 saturated heterocycles. The van der Waals surface area contributed by atoms with Gasteiger partial charge in [0.15, 0.2) is 0 Å². The lowest BCUT2D eigenvalue weighted by Gasteiger charge is -2.57. The third kappa shape index (κ3) is 5.07. The van der Waals surface area contributed by atoms with Crippen LogP contribution in [0, 0.1) is 0 Å². The Morgan fingerprint density at radius 1 is 1.03 bits per heavy atom. The Morgan fingerprint density at radius 3 is 2.56 bits per heavy atom. The Kier molecular flexibility index (Phi) is 7.46. The number of amides is 1. The number of nitrogens with zero attached hydrogens (tertiary/aromatic N) is 4. The number of hydrogen-bond donors (Lipinski definition) is 1. The molecule has 0 unspecified atom stereocenters. The third-order valence-electron chi connectivity index (χ3n) is 7.73. The summed E-state index contributed by atoms with van der Waals surface area (Å²) in [6.07, 6.45) is 6.12. The molecule has 2 fully saturated rings. The number of aliphatic hydroxyl groups excluding tert-OH is 1. The van der Waals surface area contributed by atoms with Gasteiger partial charge in [-0.25, -0.2) is 0 Å². The Hall–Kier alpha value is -3.06. The van der Waals surface area contributed by atoms with Crippen molar-refractivity contribution in [3.63, 3.8) is 0 Å². The first-order valence-electron chi connectivity index (χ1n) is 12.9. The topological polar surface area (TPSA) is 59.9 Å². The number of aliphatic hydroxyl groups is 1. The van der Waals surface area contributed by atoms with Gasteiger partial charge in [-0.2, -0.15) is 0 Å². The van der Waals surface area contributed by atoms with Gasteiger partial charge in [-0.3, -0.25) is 19.6 Å². The van der Waals surface area contributed by atoms with Gasteiger partial charge in [-0.05, 0) is 66.4 Å². The predicted octanol–water partition coefficient (Wildman–Crippen LogP) is 3.88. The summed E-state index contributed by atoms with van der Waals surface area (Å²) in [7, 11) is 3.55. The van der Waals surface area contributed by atoms with Crippen molar-refractivity contribution < 1.29 is 9.90 Å². The molecular formula is C30H36N4O2. The fourth-order valence-corrected chi connectivity index (χ4v) is 5.89.